The number of halogens is 1. The lowest BCUT2D eigenvalue weighted by Gasteiger charge is -2.14. The molecule has 34 heavy (non-hydrogen) atoms. The van der Waals surface area contributed by atoms with Gasteiger partial charge in [-0.15, -0.1) is 0 Å². The molecular formula is C24H20ClN3O5S. The van der Waals surface area contributed by atoms with Gasteiger partial charge in [-0.05, 0) is 67.6 Å². The third-order valence-electron chi connectivity index (χ3n) is 5.13. The van der Waals surface area contributed by atoms with E-state index >= 15 is 0 Å². The number of benzene rings is 2. The van der Waals surface area contributed by atoms with Crippen molar-refractivity contribution in [2.45, 2.75) is 23.3 Å². The second-order valence-corrected chi connectivity index (χ2v) is 9.86. The fourth-order valence-corrected chi connectivity index (χ4v) is 4.91. The molecule has 2 aromatic heterocycles. The van der Waals surface area contributed by atoms with E-state index < -0.39 is 26.1 Å². The number of pyridine rings is 2. The minimum atomic E-state index is -4.18. The van der Waals surface area contributed by atoms with Crippen molar-refractivity contribution in [1.82, 2.24) is 9.55 Å². The van der Waals surface area contributed by atoms with E-state index in [2.05, 4.69) is 10.3 Å². The normalized spacial score (nSPS) is 11.4. The largest absolute Gasteiger partial charge is 0.497 e. The maximum atomic E-state index is 13.3. The Hall–Kier alpha value is -3.69. The van der Waals surface area contributed by atoms with Crippen LogP contribution in [0, 0.1) is 6.92 Å². The van der Waals surface area contributed by atoms with Crippen LogP contribution in [0.3, 0.4) is 0 Å². The Labute approximate surface area is 200 Å². The second-order valence-electron chi connectivity index (χ2n) is 7.51. The van der Waals surface area contributed by atoms with E-state index in [1.54, 1.807) is 44.4 Å². The van der Waals surface area contributed by atoms with Crippen LogP contribution >= 0.6 is 11.6 Å². The zero-order valence-electron chi connectivity index (χ0n) is 18.3. The predicted molar refractivity (Wildman–Crippen MR) is 129 cm³/mol. The Morgan fingerprint density at radius 2 is 1.74 bits per heavy atom. The SMILES string of the molecule is COc1ccc(NC(=O)Cn2cc(S(=O)(=O)c3ccc(Cl)cc3)c(=O)c3ccc(C)nc32)cc1. The summed E-state index contributed by atoms with van der Waals surface area (Å²) in [4.78, 5) is 29.8. The van der Waals surface area contributed by atoms with Crippen molar-refractivity contribution in [1.29, 1.82) is 0 Å². The van der Waals surface area contributed by atoms with Crippen molar-refractivity contribution in [3.05, 3.63) is 87.8 Å². The van der Waals surface area contributed by atoms with Gasteiger partial charge in [0.2, 0.25) is 21.2 Å². The number of methoxy groups -OCH3 is 1. The average molecular weight is 498 g/mol. The number of rotatable bonds is 6. The number of carbonyl (C=O) groups is 1. The van der Waals surface area contributed by atoms with Crippen molar-refractivity contribution in [3.63, 3.8) is 0 Å². The quantitative estimate of drug-likeness (QED) is 0.433. The summed E-state index contributed by atoms with van der Waals surface area (Å²) < 4.78 is 33.0. The summed E-state index contributed by atoms with van der Waals surface area (Å²) in [6.45, 7) is 1.48. The van der Waals surface area contributed by atoms with Gasteiger partial charge >= 0.3 is 0 Å². The molecule has 0 saturated heterocycles. The third-order valence-corrected chi connectivity index (χ3v) is 7.14. The topological polar surface area (TPSA) is 107 Å². The molecule has 0 aliphatic heterocycles. The van der Waals surface area contributed by atoms with Crippen molar-refractivity contribution in [3.8, 4) is 5.75 Å². The number of hydrogen-bond donors (Lipinski definition) is 1. The van der Waals surface area contributed by atoms with Crippen LogP contribution in [0.5, 0.6) is 5.75 Å². The first-order valence-corrected chi connectivity index (χ1v) is 12.0. The van der Waals surface area contributed by atoms with Gasteiger partial charge in [0.25, 0.3) is 0 Å². The molecule has 4 rings (SSSR count). The van der Waals surface area contributed by atoms with Crippen LogP contribution in [0.25, 0.3) is 11.0 Å². The number of ether oxygens (including phenoxy) is 1. The molecule has 0 spiro atoms. The number of aryl methyl sites for hydroxylation is 1. The van der Waals surface area contributed by atoms with E-state index in [1.165, 1.54) is 34.9 Å². The summed E-state index contributed by atoms with van der Waals surface area (Å²) in [6, 6.07) is 15.4. The Morgan fingerprint density at radius 3 is 2.38 bits per heavy atom. The van der Waals surface area contributed by atoms with Crippen molar-refractivity contribution < 1.29 is 17.9 Å². The van der Waals surface area contributed by atoms with Crippen LogP contribution in [0.2, 0.25) is 5.02 Å². The Kier molecular flexibility index (Phi) is 6.41. The lowest BCUT2D eigenvalue weighted by molar-refractivity contribution is -0.116. The fourth-order valence-electron chi connectivity index (χ4n) is 3.42. The first kappa shape index (κ1) is 23.5. The van der Waals surface area contributed by atoms with Gasteiger partial charge in [0, 0.05) is 22.6 Å². The van der Waals surface area contributed by atoms with Crippen molar-refractivity contribution >= 4 is 44.1 Å². The van der Waals surface area contributed by atoms with E-state index in [4.69, 9.17) is 16.3 Å². The molecule has 0 radical (unpaired) electrons. The summed E-state index contributed by atoms with van der Waals surface area (Å²) in [5, 5.41) is 3.21. The Balaban J connectivity index is 1.78. The van der Waals surface area contributed by atoms with Gasteiger partial charge in [0.15, 0.2) is 0 Å². The van der Waals surface area contributed by atoms with Crippen LogP contribution < -0.4 is 15.5 Å². The lowest BCUT2D eigenvalue weighted by Crippen LogP contribution is -2.24. The first-order valence-electron chi connectivity index (χ1n) is 10.1. The number of nitrogens with one attached hydrogen (secondary N) is 1. The summed E-state index contributed by atoms with van der Waals surface area (Å²) in [7, 11) is -2.64. The number of aromatic nitrogens is 2. The summed E-state index contributed by atoms with van der Waals surface area (Å²) in [6.07, 6.45) is 1.16. The van der Waals surface area contributed by atoms with Crippen molar-refractivity contribution in [2.75, 3.05) is 12.4 Å². The minimum absolute atomic E-state index is 0.0809. The van der Waals surface area contributed by atoms with E-state index in [1.807, 2.05) is 0 Å². The maximum absolute atomic E-state index is 13.3. The Morgan fingerprint density at radius 1 is 1.06 bits per heavy atom. The van der Waals surface area contributed by atoms with E-state index in [9.17, 15) is 18.0 Å². The molecule has 174 valence electrons. The molecular weight excluding hydrogens is 478 g/mol. The van der Waals surface area contributed by atoms with Gasteiger partial charge in [-0.1, -0.05) is 11.6 Å². The molecule has 0 atom stereocenters. The standard InChI is InChI=1S/C24H20ClN3O5S/c1-15-3-12-20-23(30)21(34(31,32)19-10-4-16(25)5-11-19)13-28(24(20)26-15)14-22(29)27-17-6-8-18(33-2)9-7-17/h3-13H,14H2,1-2H3,(H,27,29). The molecule has 1 N–H and O–H groups in total. The highest BCUT2D eigenvalue weighted by Gasteiger charge is 2.25. The highest BCUT2D eigenvalue weighted by atomic mass is 35.5. The first-order chi connectivity index (χ1) is 16.2. The number of hydrogen-bond acceptors (Lipinski definition) is 6. The van der Waals surface area contributed by atoms with Crippen LogP contribution in [0.4, 0.5) is 5.69 Å². The maximum Gasteiger partial charge on any atom is 0.244 e. The van der Waals surface area contributed by atoms with Crippen LogP contribution in [-0.2, 0) is 21.2 Å². The van der Waals surface area contributed by atoms with E-state index in [0.29, 0.717) is 22.2 Å². The molecule has 10 heteroatoms. The zero-order valence-corrected chi connectivity index (χ0v) is 19.9. The zero-order chi connectivity index (χ0) is 24.5. The molecule has 1 amide bonds. The average Bonchev–Trinajstić information content (AvgIpc) is 2.81. The molecule has 2 heterocycles. The summed E-state index contributed by atoms with van der Waals surface area (Å²) >= 11 is 5.88. The number of anilines is 1. The molecule has 0 aliphatic carbocycles. The van der Waals surface area contributed by atoms with E-state index in [-0.39, 0.29) is 22.5 Å². The van der Waals surface area contributed by atoms with Crippen LogP contribution in [-0.4, -0.2) is 31.0 Å². The second kappa shape index (κ2) is 9.28. The van der Waals surface area contributed by atoms with Gasteiger partial charge in [-0.3, -0.25) is 9.59 Å². The molecule has 0 bridgehead atoms. The molecule has 0 saturated carbocycles. The fraction of sp³-hybridized carbons (Fsp3) is 0.125. The molecule has 2 aromatic carbocycles. The predicted octanol–water partition coefficient (Wildman–Crippen LogP) is 3.84. The molecule has 8 nitrogen and oxygen atoms in total. The molecule has 0 aliphatic rings. The molecule has 0 fully saturated rings. The van der Waals surface area contributed by atoms with Gasteiger partial charge in [-0.2, -0.15) is 0 Å². The number of fused-ring (bicyclic) bond motifs is 1. The van der Waals surface area contributed by atoms with Gasteiger partial charge < -0.3 is 14.6 Å². The van der Waals surface area contributed by atoms with Gasteiger partial charge in [0.1, 0.15) is 22.8 Å². The van der Waals surface area contributed by atoms with Crippen molar-refractivity contribution in [2.24, 2.45) is 0 Å². The van der Waals surface area contributed by atoms with Crippen LogP contribution in [0.15, 0.2) is 81.4 Å². The lowest BCUT2D eigenvalue weighted by atomic mass is 10.2. The summed E-state index contributed by atoms with van der Waals surface area (Å²) in [5.74, 6) is 0.217. The molecule has 4 aromatic rings. The Bertz CT molecular complexity index is 1550. The minimum Gasteiger partial charge on any atom is -0.497 e. The van der Waals surface area contributed by atoms with Crippen LogP contribution in [0.1, 0.15) is 5.69 Å². The highest BCUT2D eigenvalue weighted by Crippen LogP contribution is 2.23. The summed E-state index contributed by atoms with van der Waals surface area (Å²) in [5.41, 5.74) is 0.674. The number of nitrogens with zero attached hydrogens (tertiary/aromatic N) is 2. The number of carbonyl (C=O) groups excluding carboxylic acids is 1. The molecule has 0 unspecified atom stereocenters. The highest BCUT2D eigenvalue weighted by molar-refractivity contribution is 7.91. The number of amides is 1. The van der Waals surface area contributed by atoms with Gasteiger partial charge in [0.05, 0.1) is 17.4 Å². The number of sulfone groups is 1. The third kappa shape index (κ3) is 4.66. The van der Waals surface area contributed by atoms with Gasteiger partial charge in [-0.25, -0.2) is 13.4 Å². The van der Waals surface area contributed by atoms with E-state index in [0.717, 1.165) is 6.20 Å². The monoisotopic (exact) mass is 497 g/mol. The smallest absolute Gasteiger partial charge is 0.244 e.